The van der Waals surface area contributed by atoms with Gasteiger partial charge in [-0.3, -0.25) is 4.79 Å². The van der Waals surface area contributed by atoms with Crippen LogP contribution in [0, 0.1) is 0 Å². The molecule has 1 aromatic rings. The van der Waals surface area contributed by atoms with Gasteiger partial charge < -0.3 is 10.6 Å². The van der Waals surface area contributed by atoms with Crippen LogP contribution in [0.2, 0.25) is 10.0 Å². The highest BCUT2D eigenvalue weighted by Gasteiger charge is 2.19. The lowest BCUT2D eigenvalue weighted by molar-refractivity contribution is -0.927. The van der Waals surface area contributed by atoms with E-state index in [-0.39, 0.29) is 18.5 Å². The number of carbonyl (C=O) groups is 1. The third kappa shape index (κ3) is 4.19. The maximum absolute atomic E-state index is 11.0. The van der Waals surface area contributed by atoms with Gasteiger partial charge in [-0.1, -0.05) is 29.3 Å². The van der Waals surface area contributed by atoms with Crippen molar-refractivity contribution in [2.24, 2.45) is 5.73 Å². The van der Waals surface area contributed by atoms with E-state index in [0.29, 0.717) is 16.6 Å². The molecule has 3 N–H and O–H groups in total. The molecule has 1 unspecified atom stereocenters. The average molecular weight is 276 g/mol. The number of benzene rings is 1. The van der Waals surface area contributed by atoms with Crippen molar-refractivity contribution in [3.05, 3.63) is 33.8 Å². The number of nitrogens with two attached hydrogens (primary N) is 1. The Morgan fingerprint density at radius 2 is 1.88 bits per heavy atom. The van der Waals surface area contributed by atoms with Crippen LogP contribution in [0.5, 0.6) is 0 Å². The Labute approximate surface area is 111 Å². The first kappa shape index (κ1) is 14.3. The lowest BCUT2D eigenvalue weighted by Gasteiger charge is -2.23. The summed E-state index contributed by atoms with van der Waals surface area (Å²) in [5, 5.41) is 1.25. The van der Waals surface area contributed by atoms with Crippen LogP contribution in [-0.2, 0) is 11.3 Å². The first-order valence-corrected chi connectivity index (χ1v) is 6.23. The molecule has 94 valence electrons. The van der Waals surface area contributed by atoms with Crippen LogP contribution in [0.4, 0.5) is 0 Å². The van der Waals surface area contributed by atoms with Crippen molar-refractivity contribution in [2.45, 2.75) is 26.4 Å². The first-order valence-electron chi connectivity index (χ1n) is 5.47. The van der Waals surface area contributed by atoms with E-state index in [4.69, 9.17) is 28.9 Å². The fraction of sp³-hybridized carbons (Fsp3) is 0.417. The summed E-state index contributed by atoms with van der Waals surface area (Å²) in [7, 11) is 0. The Morgan fingerprint density at radius 1 is 1.35 bits per heavy atom. The summed E-state index contributed by atoms with van der Waals surface area (Å²) < 4.78 is 0. The average Bonchev–Trinajstić information content (AvgIpc) is 2.21. The van der Waals surface area contributed by atoms with Crippen LogP contribution in [-0.4, -0.2) is 18.5 Å². The molecule has 1 atom stereocenters. The molecule has 1 amide bonds. The number of halogens is 2. The molecule has 0 aromatic heterocycles. The zero-order valence-corrected chi connectivity index (χ0v) is 11.5. The number of nitrogens with one attached hydrogen (secondary N) is 1. The summed E-state index contributed by atoms with van der Waals surface area (Å²) in [5.41, 5.74) is 6.10. The molecule has 0 saturated heterocycles. The lowest BCUT2D eigenvalue weighted by atomic mass is 10.2. The Balaban J connectivity index is 2.89. The highest BCUT2D eigenvalue weighted by Crippen LogP contribution is 2.23. The fourth-order valence-corrected chi connectivity index (χ4v) is 2.15. The van der Waals surface area contributed by atoms with Gasteiger partial charge in [-0.15, -0.1) is 0 Å². The van der Waals surface area contributed by atoms with E-state index in [9.17, 15) is 4.79 Å². The van der Waals surface area contributed by atoms with Crippen molar-refractivity contribution in [1.29, 1.82) is 0 Å². The van der Waals surface area contributed by atoms with Crippen LogP contribution in [0.15, 0.2) is 18.2 Å². The Kier molecular flexibility index (Phi) is 5.25. The lowest BCUT2D eigenvalue weighted by Crippen LogP contribution is -3.14. The SMILES string of the molecule is CC(C)[NH+](CC(N)=O)Cc1c(Cl)cccc1Cl. The van der Waals surface area contributed by atoms with E-state index in [1.54, 1.807) is 18.2 Å². The van der Waals surface area contributed by atoms with Gasteiger partial charge in [-0.25, -0.2) is 0 Å². The molecular formula is C12H17Cl2N2O+. The standard InChI is InChI=1S/C12H16Cl2N2O/c1-8(2)16(7-12(15)17)6-9-10(13)4-3-5-11(9)14/h3-5,8H,6-7H2,1-2H3,(H2,15,17)/p+1. The topological polar surface area (TPSA) is 47.5 Å². The summed E-state index contributed by atoms with van der Waals surface area (Å²) in [4.78, 5) is 12.1. The second kappa shape index (κ2) is 6.24. The van der Waals surface area contributed by atoms with Gasteiger partial charge in [-0.05, 0) is 26.0 Å². The van der Waals surface area contributed by atoms with Crippen molar-refractivity contribution in [1.82, 2.24) is 0 Å². The monoisotopic (exact) mass is 275 g/mol. The maximum atomic E-state index is 11.0. The first-order chi connectivity index (χ1) is 7.91. The number of primary amides is 1. The van der Waals surface area contributed by atoms with Crippen molar-refractivity contribution in [3.8, 4) is 0 Å². The van der Waals surface area contributed by atoms with E-state index in [2.05, 4.69) is 0 Å². The van der Waals surface area contributed by atoms with E-state index in [0.717, 1.165) is 10.5 Å². The zero-order valence-electron chi connectivity index (χ0n) is 9.97. The molecule has 5 heteroatoms. The van der Waals surface area contributed by atoms with Crippen molar-refractivity contribution in [3.63, 3.8) is 0 Å². The van der Waals surface area contributed by atoms with Gasteiger partial charge in [0.05, 0.1) is 16.1 Å². The Morgan fingerprint density at radius 3 is 2.29 bits per heavy atom. The van der Waals surface area contributed by atoms with Crippen LogP contribution in [0.1, 0.15) is 19.4 Å². The van der Waals surface area contributed by atoms with Crippen LogP contribution < -0.4 is 10.6 Å². The summed E-state index contributed by atoms with van der Waals surface area (Å²) >= 11 is 12.2. The quantitative estimate of drug-likeness (QED) is 0.836. The largest absolute Gasteiger partial charge is 0.365 e. The molecule has 0 fully saturated rings. The van der Waals surface area contributed by atoms with Crippen LogP contribution in [0.3, 0.4) is 0 Å². The normalized spacial score (nSPS) is 12.8. The number of rotatable bonds is 5. The molecule has 0 aliphatic carbocycles. The molecule has 3 nitrogen and oxygen atoms in total. The predicted molar refractivity (Wildman–Crippen MR) is 70.3 cm³/mol. The van der Waals surface area contributed by atoms with Crippen LogP contribution >= 0.6 is 23.2 Å². The number of hydrogen-bond donors (Lipinski definition) is 2. The van der Waals surface area contributed by atoms with E-state index in [1.165, 1.54) is 0 Å². The number of quaternary nitrogens is 1. The van der Waals surface area contributed by atoms with Gasteiger partial charge in [0.2, 0.25) is 0 Å². The van der Waals surface area contributed by atoms with Gasteiger partial charge in [0.1, 0.15) is 6.54 Å². The van der Waals surface area contributed by atoms with Crippen molar-refractivity contribution < 1.29 is 9.69 Å². The fourth-order valence-electron chi connectivity index (χ4n) is 1.62. The van der Waals surface area contributed by atoms with Crippen molar-refractivity contribution in [2.75, 3.05) is 6.54 Å². The van der Waals surface area contributed by atoms with E-state index >= 15 is 0 Å². The molecule has 0 bridgehead atoms. The summed E-state index contributed by atoms with van der Waals surface area (Å²) in [5.74, 6) is -0.322. The molecule has 0 aliphatic rings. The van der Waals surface area contributed by atoms with E-state index in [1.807, 2.05) is 13.8 Å². The highest BCUT2D eigenvalue weighted by molar-refractivity contribution is 6.35. The number of carbonyl (C=O) groups excluding carboxylic acids is 1. The molecule has 17 heavy (non-hydrogen) atoms. The second-order valence-corrected chi connectivity index (χ2v) is 5.15. The predicted octanol–water partition coefficient (Wildman–Crippen LogP) is 1.27. The number of amides is 1. The van der Waals surface area contributed by atoms with Crippen LogP contribution in [0.25, 0.3) is 0 Å². The summed E-state index contributed by atoms with van der Waals surface area (Å²) in [6.07, 6.45) is 0. The molecule has 0 spiro atoms. The highest BCUT2D eigenvalue weighted by atomic mass is 35.5. The van der Waals surface area contributed by atoms with Gasteiger partial charge in [-0.2, -0.15) is 0 Å². The second-order valence-electron chi connectivity index (χ2n) is 4.33. The molecule has 0 aliphatic heterocycles. The molecule has 1 aromatic carbocycles. The maximum Gasteiger partial charge on any atom is 0.272 e. The molecule has 0 radical (unpaired) electrons. The molecule has 0 saturated carbocycles. The van der Waals surface area contributed by atoms with E-state index < -0.39 is 0 Å². The molecule has 1 rings (SSSR count). The minimum Gasteiger partial charge on any atom is -0.365 e. The summed E-state index contributed by atoms with van der Waals surface area (Å²) in [6, 6.07) is 5.67. The van der Waals surface area contributed by atoms with Crippen molar-refractivity contribution >= 4 is 29.1 Å². The van der Waals surface area contributed by atoms with Gasteiger partial charge >= 0.3 is 0 Å². The zero-order chi connectivity index (χ0) is 13.0. The minimum absolute atomic E-state index is 0.273. The Hall–Kier alpha value is -0.770. The minimum atomic E-state index is -0.322. The third-order valence-electron chi connectivity index (χ3n) is 2.68. The number of hydrogen-bond acceptors (Lipinski definition) is 1. The molecule has 0 heterocycles. The third-order valence-corrected chi connectivity index (χ3v) is 3.39. The van der Waals surface area contributed by atoms with Gasteiger partial charge in [0, 0.05) is 5.56 Å². The summed E-state index contributed by atoms with van der Waals surface area (Å²) in [6.45, 7) is 4.93. The molecular weight excluding hydrogens is 259 g/mol. The van der Waals surface area contributed by atoms with Gasteiger partial charge in [0.25, 0.3) is 5.91 Å². The smallest absolute Gasteiger partial charge is 0.272 e. The Bertz CT molecular complexity index is 387. The van der Waals surface area contributed by atoms with Gasteiger partial charge in [0.15, 0.2) is 6.54 Å².